The standard InChI is InChI=1S/C17H28N2O/c1-19-13-6-5-8-16(19)10-12-18-17-9-4-3-7-15(17)11-14-20-2/h3-4,7,9,16,18H,5-6,8,10-14H2,1-2H3. The normalized spacial score (nSPS) is 20.0. The van der Waals surface area contributed by atoms with E-state index in [0.717, 1.165) is 25.6 Å². The minimum atomic E-state index is 0.752. The average Bonchev–Trinajstić information content (AvgIpc) is 2.48. The fourth-order valence-corrected chi connectivity index (χ4v) is 3.01. The summed E-state index contributed by atoms with van der Waals surface area (Å²) in [6.45, 7) is 3.10. The van der Waals surface area contributed by atoms with Crippen LogP contribution in [0.1, 0.15) is 31.2 Å². The monoisotopic (exact) mass is 276 g/mol. The molecule has 3 heteroatoms. The molecule has 1 aliphatic rings. The van der Waals surface area contributed by atoms with Crippen LogP contribution in [-0.2, 0) is 11.2 Å². The van der Waals surface area contributed by atoms with Gasteiger partial charge in [0.05, 0.1) is 6.61 Å². The molecule has 1 N–H and O–H groups in total. The second kappa shape index (κ2) is 8.28. The Morgan fingerprint density at radius 2 is 2.15 bits per heavy atom. The van der Waals surface area contributed by atoms with Gasteiger partial charge in [0.1, 0.15) is 0 Å². The molecular weight excluding hydrogens is 248 g/mol. The van der Waals surface area contributed by atoms with Gasteiger partial charge in [0, 0.05) is 25.4 Å². The average molecular weight is 276 g/mol. The largest absolute Gasteiger partial charge is 0.385 e. The molecule has 1 saturated heterocycles. The van der Waals surface area contributed by atoms with Crippen LogP contribution in [0.15, 0.2) is 24.3 Å². The second-order valence-electron chi connectivity index (χ2n) is 5.75. The minimum Gasteiger partial charge on any atom is -0.385 e. The van der Waals surface area contributed by atoms with E-state index in [2.05, 4.69) is 41.5 Å². The van der Waals surface area contributed by atoms with Gasteiger partial charge in [0.2, 0.25) is 0 Å². The van der Waals surface area contributed by atoms with E-state index in [-0.39, 0.29) is 0 Å². The highest BCUT2D eigenvalue weighted by molar-refractivity contribution is 5.51. The van der Waals surface area contributed by atoms with Crippen molar-refractivity contribution in [3.63, 3.8) is 0 Å². The zero-order valence-corrected chi connectivity index (χ0v) is 12.9. The molecule has 0 amide bonds. The maximum atomic E-state index is 5.18. The second-order valence-corrected chi connectivity index (χ2v) is 5.75. The van der Waals surface area contributed by atoms with Gasteiger partial charge in [-0.05, 0) is 50.9 Å². The first-order valence-electron chi connectivity index (χ1n) is 7.82. The van der Waals surface area contributed by atoms with Crippen LogP contribution in [0.25, 0.3) is 0 Å². The van der Waals surface area contributed by atoms with Crippen LogP contribution >= 0.6 is 0 Å². The summed E-state index contributed by atoms with van der Waals surface area (Å²) in [5.41, 5.74) is 2.62. The quantitative estimate of drug-likeness (QED) is 0.828. The molecule has 1 atom stereocenters. The summed E-state index contributed by atoms with van der Waals surface area (Å²) in [6.07, 6.45) is 6.31. The van der Waals surface area contributed by atoms with Crippen LogP contribution in [0, 0.1) is 0 Å². The molecule has 1 aromatic rings. The number of benzene rings is 1. The minimum absolute atomic E-state index is 0.752. The first-order chi connectivity index (χ1) is 9.81. The number of anilines is 1. The molecule has 1 heterocycles. The van der Waals surface area contributed by atoms with Gasteiger partial charge < -0.3 is 15.0 Å². The lowest BCUT2D eigenvalue weighted by molar-refractivity contribution is 0.179. The van der Waals surface area contributed by atoms with Gasteiger partial charge in [-0.2, -0.15) is 0 Å². The van der Waals surface area contributed by atoms with Crippen molar-refractivity contribution < 1.29 is 4.74 Å². The molecule has 0 spiro atoms. The Labute approximate surface area is 123 Å². The molecule has 20 heavy (non-hydrogen) atoms. The first kappa shape index (κ1) is 15.3. The lowest BCUT2D eigenvalue weighted by Crippen LogP contribution is -2.37. The number of ether oxygens (including phenoxy) is 1. The number of rotatable bonds is 7. The number of nitrogens with zero attached hydrogens (tertiary/aromatic N) is 1. The van der Waals surface area contributed by atoms with Gasteiger partial charge in [-0.25, -0.2) is 0 Å². The molecule has 0 aromatic heterocycles. The Bertz CT molecular complexity index is 394. The molecule has 1 unspecified atom stereocenters. The van der Waals surface area contributed by atoms with E-state index in [1.54, 1.807) is 7.11 Å². The third kappa shape index (κ3) is 4.50. The Hall–Kier alpha value is -1.06. The van der Waals surface area contributed by atoms with Crippen molar-refractivity contribution in [3.8, 4) is 0 Å². The van der Waals surface area contributed by atoms with Gasteiger partial charge in [0.15, 0.2) is 0 Å². The van der Waals surface area contributed by atoms with E-state index in [1.165, 1.54) is 43.5 Å². The van der Waals surface area contributed by atoms with Crippen LogP contribution in [-0.4, -0.2) is 44.8 Å². The van der Waals surface area contributed by atoms with E-state index < -0.39 is 0 Å². The van der Waals surface area contributed by atoms with Crippen LogP contribution in [0.2, 0.25) is 0 Å². The summed E-state index contributed by atoms with van der Waals surface area (Å²) in [6, 6.07) is 9.32. The van der Waals surface area contributed by atoms with Crippen LogP contribution < -0.4 is 5.32 Å². The number of hydrogen-bond donors (Lipinski definition) is 1. The number of nitrogens with one attached hydrogen (secondary N) is 1. The molecule has 0 radical (unpaired) electrons. The first-order valence-corrected chi connectivity index (χ1v) is 7.82. The molecule has 0 aliphatic carbocycles. The third-order valence-electron chi connectivity index (χ3n) is 4.31. The molecule has 2 rings (SSSR count). The molecular formula is C17H28N2O. The van der Waals surface area contributed by atoms with Gasteiger partial charge in [-0.1, -0.05) is 24.6 Å². The summed E-state index contributed by atoms with van der Waals surface area (Å²) in [5.74, 6) is 0. The number of likely N-dealkylation sites (tertiary alicyclic amines) is 1. The number of para-hydroxylation sites is 1. The molecule has 112 valence electrons. The maximum Gasteiger partial charge on any atom is 0.0503 e. The maximum absolute atomic E-state index is 5.18. The molecule has 1 fully saturated rings. The van der Waals surface area contributed by atoms with Crippen molar-refractivity contribution in [3.05, 3.63) is 29.8 Å². The van der Waals surface area contributed by atoms with Crippen molar-refractivity contribution in [2.24, 2.45) is 0 Å². The van der Waals surface area contributed by atoms with Crippen LogP contribution in [0.5, 0.6) is 0 Å². The van der Waals surface area contributed by atoms with Crippen LogP contribution in [0.3, 0.4) is 0 Å². The molecule has 0 bridgehead atoms. The SMILES string of the molecule is COCCc1ccccc1NCCC1CCCCN1C. The number of methoxy groups -OCH3 is 1. The van der Waals surface area contributed by atoms with Crippen LogP contribution in [0.4, 0.5) is 5.69 Å². The van der Waals surface area contributed by atoms with E-state index in [0.29, 0.717) is 0 Å². The zero-order chi connectivity index (χ0) is 14.2. The predicted molar refractivity (Wildman–Crippen MR) is 85.4 cm³/mol. The van der Waals surface area contributed by atoms with Crippen molar-refractivity contribution in [2.75, 3.05) is 39.2 Å². The highest BCUT2D eigenvalue weighted by Crippen LogP contribution is 2.19. The Morgan fingerprint density at radius 1 is 1.30 bits per heavy atom. The van der Waals surface area contributed by atoms with E-state index in [9.17, 15) is 0 Å². The Balaban J connectivity index is 1.81. The summed E-state index contributed by atoms with van der Waals surface area (Å²) in [5, 5.41) is 3.61. The van der Waals surface area contributed by atoms with Gasteiger partial charge >= 0.3 is 0 Å². The van der Waals surface area contributed by atoms with Crippen molar-refractivity contribution in [1.82, 2.24) is 4.90 Å². The number of hydrogen-bond acceptors (Lipinski definition) is 3. The Kier molecular flexibility index (Phi) is 6.34. The lowest BCUT2D eigenvalue weighted by Gasteiger charge is -2.32. The predicted octanol–water partition coefficient (Wildman–Crippen LogP) is 3.16. The third-order valence-corrected chi connectivity index (χ3v) is 4.31. The molecule has 3 nitrogen and oxygen atoms in total. The fraction of sp³-hybridized carbons (Fsp3) is 0.647. The van der Waals surface area contributed by atoms with E-state index in [1.807, 2.05) is 0 Å². The smallest absolute Gasteiger partial charge is 0.0503 e. The van der Waals surface area contributed by atoms with Crippen molar-refractivity contribution in [2.45, 2.75) is 38.1 Å². The van der Waals surface area contributed by atoms with E-state index in [4.69, 9.17) is 4.74 Å². The summed E-state index contributed by atoms with van der Waals surface area (Å²) in [7, 11) is 4.02. The molecule has 1 aliphatic heterocycles. The highest BCUT2D eigenvalue weighted by atomic mass is 16.5. The summed E-state index contributed by atoms with van der Waals surface area (Å²) < 4.78 is 5.18. The topological polar surface area (TPSA) is 24.5 Å². The van der Waals surface area contributed by atoms with Gasteiger partial charge in [-0.15, -0.1) is 0 Å². The number of piperidine rings is 1. The summed E-state index contributed by atoms with van der Waals surface area (Å²) >= 11 is 0. The fourth-order valence-electron chi connectivity index (χ4n) is 3.01. The molecule has 0 saturated carbocycles. The zero-order valence-electron chi connectivity index (χ0n) is 12.9. The van der Waals surface area contributed by atoms with Crippen molar-refractivity contribution in [1.29, 1.82) is 0 Å². The Morgan fingerprint density at radius 3 is 2.95 bits per heavy atom. The molecule has 1 aromatic carbocycles. The highest BCUT2D eigenvalue weighted by Gasteiger charge is 2.18. The van der Waals surface area contributed by atoms with Gasteiger partial charge in [0.25, 0.3) is 0 Å². The van der Waals surface area contributed by atoms with E-state index >= 15 is 0 Å². The summed E-state index contributed by atoms with van der Waals surface area (Å²) in [4.78, 5) is 2.52. The lowest BCUT2D eigenvalue weighted by atomic mass is 10.00. The van der Waals surface area contributed by atoms with Gasteiger partial charge in [-0.3, -0.25) is 0 Å². The van der Waals surface area contributed by atoms with Crippen molar-refractivity contribution >= 4 is 5.69 Å².